The molecule has 62 valence electrons. The van der Waals surface area contributed by atoms with Gasteiger partial charge in [-0.15, -0.1) is 0 Å². The van der Waals surface area contributed by atoms with E-state index in [0.29, 0.717) is 0 Å². The lowest BCUT2D eigenvalue weighted by atomic mass is 10.1. The summed E-state index contributed by atoms with van der Waals surface area (Å²) in [6.07, 6.45) is 4.17. The summed E-state index contributed by atoms with van der Waals surface area (Å²) in [6, 6.07) is 14.8. The van der Waals surface area contributed by atoms with Gasteiger partial charge in [-0.2, -0.15) is 0 Å². The second kappa shape index (κ2) is 2.36. The van der Waals surface area contributed by atoms with Crippen LogP contribution >= 0.6 is 0 Å². The monoisotopic (exact) mass is 168 g/mol. The van der Waals surface area contributed by atoms with Crippen molar-refractivity contribution in [1.29, 1.82) is 0 Å². The van der Waals surface area contributed by atoms with Crippen molar-refractivity contribution in [1.82, 2.24) is 4.40 Å². The molecule has 0 spiro atoms. The molecule has 1 aromatic carbocycles. The number of rotatable bonds is 0. The van der Waals surface area contributed by atoms with Gasteiger partial charge in [0.15, 0.2) is 0 Å². The molecule has 0 saturated carbocycles. The Labute approximate surface area is 77.7 Å². The Morgan fingerprint density at radius 3 is 2.77 bits per heavy atom. The zero-order valence-electron chi connectivity index (χ0n) is 8.14. The average Bonchev–Trinajstić information content (AvgIpc) is 2.65. The minimum Gasteiger partial charge on any atom is -0.323 e. The van der Waals surface area contributed by atoms with Crippen molar-refractivity contribution in [3.8, 4) is 0 Å². The van der Waals surface area contributed by atoms with Gasteiger partial charge in [-0.3, -0.25) is 0 Å². The highest BCUT2D eigenvalue weighted by molar-refractivity contribution is 5.95. The highest BCUT2D eigenvalue weighted by atomic mass is 14.8. The maximum atomic E-state index is 2.16. The van der Waals surface area contributed by atoms with Crippen LogP contribution < -0.4 is 0 Å². The maximum Gasteiger partial charge on any atom is 1.00 e. The molecule has 0 N–H and O–H groups in total. The van der Waals surface area contributed by atoms with Crippen LogP contribution in [0.5, 0.6) is 0 Å². The van der Waals surface area contributed by atoms with E-state index in [4.69, 9.17) is 0 Å². The van der Waals surface area contributed by atoms with Gasteiger partial charge in [0.1, 0.15) is 0 Å². The highest BCUT2D eigenvalue weighted by Gasteiger charge is 1.97. The molecule has 13 heavy (non-hydrogen) atoms. The zero-order chi connectivity index (χ0) is 8.67. The molecule has 2 heterocycles. The van der Waals surface area contributed by atoms with Crippen LogP contribution in [0.4, 0.5) is 0 Å². The van der Waals surface area contributed by atoms with Crippen molar-refractivity contribution in [2.45, 2.75) is 0 Å². The van der Waals surface area contributed by atoms with Crippen LogP contribution in [-0.2, 0) is 0 Å². The molecule has 0 aliphatic heterocycles. The summed E-state index contributed by atoms with van der Waals surface area (Å²) >= 11 is 0. The Bertz CT molecular complexity index is 568. The summed E-state index contributed by atoms with van der Waals surface area (Å²) in [5.74, 6) is 0. The van der Waals surface area contributed by atoms with Crippen LogP contribution in [0, 0.1) is 0 Å². The van der Waals surface area contributed by atoms with Crippen molar-refractivity contribution < 1.29 is 1.43 Å². The molecule has 1 nitrogen and oxygen atoms in total. The van der Waals surface area contributed by atoms with Crippen molar-refractivity contribution in [2.24, 2.45) is 0 Å². The summed E-state index contributed by atoms with van der Waals surface area (Å²) in [5.41, 5.74) is 1.28. The van der Waals surface area contributed by atoms with Crippen LogP contribution in [0.1, 0.15) is 1.43 Å². The molecule has 1 heteroatoms. The van der Waals surface area contributed by atoms with E-state index in [0.717, 1.165) is 0 Å². The van der Waals surface area contributed by atoms with Gasteiger partial charge >= 0.3 is 1.43 Å². The number of hydrogen-bond donors (Lipinski definition) is 0. The largest absolute Gasteiger partial charge is 1.00 e. The minimum atomic E-state index is 0. The first-order chi connectivity index (χ1) is 6.45. The van der Waals surface area contributed by atoms with Crippen LogP contribution in [0.2, 0.25) is 0 Å². The first kappa shape index (κ1) is 6.72. The Hall–Kier alpha value is -1.76. The molecule has 3 aromatic rings. The lowest BCUT2D eigenvalue weighted by Gasteiger charge is -2.00. The average molecular weight is 168 g/mol. The van der Waals surface area contributed by atoms with Gasteiger partial charge in [-0.25, -0.2) is 0 Å². The molecular formula is C12H10N+. The summed E-state index contributed by atoms with van der Waals surface area (Å²) < 4.78 is 2.14. The van der Waals surface area contributed by atoms with Gasteiger partial charge < -0.3 is 4.40 Å². The maximum absolute atomic E-state index is 2.16. The normalized spacial score (nSPS) is 11.1. The van der Waals surface area contributed by atoms with E-state index >= 15 is 0 Å². The van der Waals surface area contributed by atoms with E-state index in [2.05, 4.69) is 59.3 Å². The Morgan fingerprint density at radius 2 is 1.77 bits per heavy atom. The Kier molecular flexibility index (Phi) is 1.22. The van der Waals surface area contributed by atoms with Gasteiger partial charge in [0, 0.05) is 17.8 Å². The molecular weight excluding hydrogens is 158 g/mol. The van der Waals surface area contributed by atoms with E-state index in [-0.39, 0.29) is 1.43 Å². The van der Waals surface area contributed by atoms with Crippen LogP contribution in [0.15, 0.2) is 54.9 Å². The predicted molar refractivity (Wildman–Crippen MR) is 56.0 cm³/mol. The number of aromatic nitrogens is 1. The summed E-state index contributed by atoms with van der Waals surface area (Å²) in [6.45, 7) is 0. The van der Waals surface area contributed by atoms with Crippen molar-refractivity contribution >= 4 is 16.3 Å². The Balaban J connectivity index is 0.000000750. The number of pyridine rings is 1. The van der Waals surface area contributed by atoms with Crippen molar-refractivity contribution in [2.75, 3.05) is 0 Å². The third kappa shape index (κ3) is 0.872. The van der Waals surface area contributed by atoms with E-state index in [1.807, 2.05) is 0 Å². The standard InChI is InChI=1S/C12H9N/c1-2-5-11-10(4-1)7-9-13-8-3-6-12(11)13/h1-9H/p+1. The predicted octanol–water partition coefficient (Wildman–Crippen LogP) is 3.21. The number of hydrogen-bond acceptors (Lipinski definition) is 0. The molecule has 0 radical (unpaired) electrons. The number of benzene rings is 1. The quantitative estimate of drug-likeness (QED) is 0.485. The highest BCUT2D eigenvalue weighted by Crippen LogP contribution is 2.19. The molecule has 0 saturated heterocycles. The fourth-order valence-electron chi connectivity index (χ4n) is 1.79. The first-order valence-corrected chi connectivity index (χ1v) is 4.39. The van der Waals surface area contributed by atoms with Gasteiger partial charge in [0.2, 0.25) is 0 Å². The van der Waals surface area contributed by atoms with Gasteiger partial charge in [0.25, 0.3) is 0 Å². The molecule has 2 aromatic heterocycles. The minimum absolute atomic E-state index is 0. The Morgan fingerprint density at radius 1 is 0.846 bits per heavy atom. The van der Waals surface area contributed by atoms with Crippen molar-refractivity contribution in [3.63, 3.8) is 0 Å². The molecule has 0 unspecified atom stereocenters. The molecule has 0 fully saturated rings. The van der Waals surface area contributed by atoms with Crippen LogP contribution in [-0.4, -0.2) is 4.40 Å². The SMILES string of the molecule is [H+].c1ccc2c(c1)ccn1cccc21. The fourth-order valence-corrected chi connectivity index (χ4v) is 1.79. The lowest BCUT2D eigenvalue weighted by molar-refractivity contribution is 1.21. The van der Waals surface area contributed by atoms with Gasteiger partial charge in [-0.1, -0.05) is 24.3 Å². The summed E-state index contributed by atoms with van der Waals surface area (Å²) in [7, 11) is 0. The van der Waals surface area contributed by atoms with Gasteiger partial charge in [-0.05, 0) is 23.6 Å². The van der Waals surface area contributed by atoms with E-state index < -0.39 is 0 Å². The second-order valence-electron chi connectivity index (χ2n) is 3.20. The topological polar surface area (TPSA) is 4.41 Å². The third-order valence-corrected chi connectivity index (χ3v) is 2.43. The van der Waals surface area contributed by atoms with Crippen molar-refractivity contribution in [3.05, 3.63) is 54.9 Å². The number of fused-ring (bicyclic) bond motifs is 3. The molecule has 0 aliphatic rings. The van der Waals surface area contributed by atoms with Crippen LogP contribution in [0.3, 0.4) is 0 Å². The molecule has 0 aliphatic carbocycles. The smallest absolute Gasteiger partial charge is 0.323 e. The molecule has 0 amide bonds. The van der Waals surface area contributed by atoms with Gasteiger partial charge in [0.05, 0.1) is 5.52 Å². The zero-order valence-corrected chi connectivity index (χ0v) is 7.14. The van der Waals surface area contributed by atoms with E-state index in [1.165, 1.54) is 16.3 Å². The second-order valence-corrected chi connectivity index (χ2v) is 3.20. The van der Waals surface area contributed by atoms with E-state index in [1.54, 1.807) is 0 Å². The number of nitrogens with zero attached hydrogens (tertiary/aromatic N) is 1. The third-order valence-electron chi connectivity index (χ3n) is 2.43. The van der Waals surface area contributed by atoms with Crippen LogP contribution in [0.25, 0.3) is 16.3 Å². The molecule has 0 atom stereocenters. The molecule has 0 bridgehead atoms. The lowest BCUT2D eigenvalue weighted by Crippen LogP contribution is -1.81. The van der Waals surface area contributed by atoms with E-state index in [9.17, 15) is 0 Å². The molecule has 3 rings (SSSR count). The summed E-state index contributed by atoms with van der Waals surface area (Å²) in [4.78, 5) is 0. The fraction of sp³-hybridized carbons (Fsp3) is 0. The summed E-state index contributed by atoms with van der Waals surface area (Å²) in [5, 5.41) is 2.61. The first-order valence-electron chi connectivity index (χ1n) is 4.39.